The first-order valence-electron chi connectivity index (χ1n) is 10.9. The second kappa shape index (κ2) is 9.85. The van der Waals surface area contributed by atoms with Crippen LogP contribution in [0.5, 0.6) is 0 Å². The second-order valence-corrected chi connectivity index (χ2v) is 11.2. The van der Waals surface area contributed by atoms with Gasteiger partial charge in [-0.25, -0.2) is 0 Å². The third-order valence-corrected chi connectivity index (χ3v) is 9.53. The Balaban J connectivity index is 2.01. The zero-order chi connectivity index (χ0) is 22.4. The van der Waals surface area contributed by atoms with Crippen molar-refractivity contribution in [3.05, 3.63) is 133 Å². The highest BCUT2D eigenvalue weighted by Crippen LogP contribution is 2.57. The summed E-state index contributed by atoms with van der Waals surface area (Å²) < 4.78 is 0. The van der Waals surface area contributed by atoms with Gasteiger partial charge in [-0.1, -0.05) is 72.8 Å². The molecule has 2 nitrogen and oxygen atoms in total. The maximum absolute atomic E-state index is 14.0. The number of hydrogen-bond donors (Lipinski definition) is 0. The predicted molar refractivity (Wildman–Crippen MR) is 137 cm³/mol. The van der Waals surface area contributed by atoms with E-state index >= 15 is 0 Å². The molecule has 0 N–H and O–H groups in total. The van der Waals surface area contributed by atoms with Crippen LogP contribution in [0.2, 0.25) is 0 Å². The topological polar surface area (TPSA) is 26.3 Å². The summed E-state index contributed by atoms with van der Waals surface area (Å²) >= 11 is 0. The van der Waals surface area contributed by atoms with Crippen molar-refractivity contribution in [3.63, 3.8) is 0 Å². The highest BCUT2D eigenvalue weighted by Gasteiger charge is 2.43. The van der Waals surface area contributed by atoms with Crippen molar-refractivity contribution in [2.24, 2.45) is 0 Å². The number of para-hydroxylation sites is 1. The number of anilines is 1. The van der Waals surface area contributed by atoms with E-state index in [1.807, 2.05) is 59.2 Å². The molecule has 0 heterocycles. The summed E-state index contributed by atoms with van der Waals surface area (Å²) in [7, 11) is -2.34. The van der Waals surface area contributed by atoms with Gasteiger partial charge in [-0.3, -0.25) is 0 Å². The lowest BCUT2D eigenvalue weighted by molar-refractivity contribution is -0.305. The molecule has 0 spiro atoms. The average Bonchev–Trinajstić information content (AvgIpc) is 2.85. The summed E-state index contributed by atoms with van der Waals surface area (Å²) in [5.74, 6) is 2.02. The summed E-state index contributed by atoms with van der Waals surface area (Å²) in [6.07, 6.45) is 0. The molecule has 0 atom stereocenters. The Morgan fingerprint density at radius 2 is 0.969 bits per heavy atom. The van der Waals surface area contributed by atoms with Gasteiger partial charge in [0.1, 0.15) is 23.2 Å². The number of hydrogen-bond acceptors (Lipinski definition) is 2. The van der Waals surface area contributed by atoms with Crippen LogP contribution < -0.4 is 25.9 Å². The van der Waals surface area contributed by atoms with Crippen LogP contribution in [0.25, 0.3) is 0 Å². The zero-order valence-corrected chi connectivity index (χ0v) is 19.4. The predicted octanol–water partition coefficient (Wildman–Crippen LogP) is 5.05. The molecule has 0 amide bonds. The van der Waals surface area contributed by atoms with E-state index in [1.165, 1.54) is 15.9 Å². The van der Waals surface area contributed by atoms with E-state index in [0.29, 0.717) is 0 Å². The minimum atomic E-state index is -2.34. The first-order valence-corrected chi connectivity index (χ1v) is 12.8. The van der Waals surface area contributed by atoms with Gasteiger partial charge in [-0.2, -0.15) is 0 Å². The van der Waals surface area contributed by atoms with Gasteiger partial charge in [-0.05, 0) is 62.4 Å². The zero-order valence-electron chi connectivity index (χ0n) is 18.5. The van der Waals surface area contributed by atoms with Crippen molar-refractivity contribution in [2.45, 2.75) is 19.9 Å². The van der Waals surface area contributed by atoms with Crippen molar-refractivity contribution in [1.82, 2.24) is 0 Å². The molecule has 0 aliphatic carbocycles. The molecule has 0 saturated carbocycles. The van der Waals surface area contributed by atoms with Gasteiger partial charge in [-0.15, -0.1) is 0 Å². The number of benzene rings is 4. The molecule has 0 unspecified atom stereocenters. The van der Waals surface area contributed by atoms with Crippen LogP contribution in [-0.2, 0) is 0 Å². The Labute approximate surface area is 191 Å². The molecule has 0 bridgehead atoms. The van der Waals surface area contributed by atoms with Gasteiger partial charge >= 0.3 is 0 Å². The molecular weight excluding hydrogens is 409 g/mol. The van der Waals surface area contributed by atoms with E-state index in [0.717, 1.165) is 5.69 Å². The highest BCUT2D eigenvalue weighted by molar-refractivity contribution is 7.98. The molecule has 32 heavy (non-hydrogen) atoms. The van der Waals surface area contributed by atoms with Crippen molar-refractivity contribution in [1.29, 1.82) is 0 Å². The molecule has 3 heteroatoms. The van der Waals surface area contributed by atoms with Crippen LogP contribution in [0.4, 0.5) is 5.69 Å². The minimum Gasteiger partial charge on any atom is -0.858 e. The lowest BCUT2D eigenvalue weighted by Gasteiger charge is -2.36. The molecule has 0 radical (unpaired) electrons. The Bertz CT molecular complexity index is 1050. The normalized spacial score (nSPS) is 12.0. The fraction of sp³-hybridized carbons (Fsp3) is 0.103. The standard InChI is InChI=1S/C29H28NOP/c1-24(2)30(25-15-7-3-8-16-25)29(31)23-32(26-17-9-4-10-18-26,27-19-11-5-12-20-27)28-21-13-6-14-22-28/h3-24H,1-2H3/b29-23-. The Hall–Kier alpha value is -3.35. The maximum Gasteiger partial charge on any atom is 0.137 e. The molecule has 4 aromatic rings. The highest BCUT2D eigenvalue weighted by atomic mass is 31.2. The molecule has 0 aromatic heterocycles. The van der Waals surface area contributed by atoms with E-state index in [4.69, 9.17) is 0 Å². The van der Waals surface area contributed by atoms with Crippen LogP contribution in [0.1, 0.15) is 13.8 Å². The fourth-order valence-corrected chi connectivity index (χ4v) is 7.88. The summed E-state index contributed by atoms with van der Waals surface area (Å²) in [6, 6.07) is 41.3. The van der Waals surface area contributed by atoms with E-state index < -0.39 is 7.26 Å². The molecule has 4 rings (SSSR count). The molecular formula is C29H28NOP. The maximum atomic E-state index is 14.0. The van der Waals surface area contributed by atoms with Gasteiger partial charge in [0, 0.05) is 17.6 Å². The van der Waals surface area contributed by atoms with Crippen LogP contribution in [0.3, 0.4) is 0 Å². The fourth-order valence-electron chi connectivity index (χ4n) is 4.16. The first-order chi connectivity index (χ1) is 15.6. The van der Waals surface area contributed by atoms with Gasteiger partial charge in [0.2, 0.25) is 0 Å². The van der Waals surface area contributed by atoms with Crippen molar-refractivity contribution < 1.29 is 5.11 Å². The summed E-state index contributed by atoms with van der Waals surface area (Å²) in [6.45, 7) is 4.12. The van der Waals surface area contributed by atoms with Crippen molar-refractivity contribution >= 4 is 28.9 Å². The summed E-state index contributed by atoms with van der Waals surface area (Å²) in [5.41, 5.74) is 0.913. The van der Waals surface area contributed by atoms with Crippen LogP contribution in [-0.4, -0.2) is 6.04 Å². The number of nitrogens with zero attached hydrogens (tertiary/aromatic N) is 1. The Morgan fingerprint density at radius 1 is 0.625 bits per heavy atom. The lowest BCUT2D eigenvalue weighted by atomic mass is 10.2. The van der Waals surface area contributed by atoms with Gasteiger partial charge in [0.05, 0.1) is 5.82 Å². The van der Waals surface area contributed by atoms with Crippen LogP contribution in [0, 0.1) is 0 Å². The molecule has 0 aliphatic heterocycles. The molecule has 4 aromatic carbocycles. The second-order valence-electron chi connectivity index (χ2n) is 8.00. The summed E-state index contributed by atoms with van der Waals surface area (Å²) in [5, 5.41) is 17.5. The van der Waals surface area contributed by atoms with Crippen molar-refractivity contribution in [3.8, 4) is 0 Å². The van der Waals surface area contributed by atoms with E-state index in [2.05, 4.69) is 86.6 Å². The van der Waals surface area contributed by atoms with Crippen LogP contribution >= 0.6 is 7.26 Å². The number of rotatable bonds is 7. The lowest BCUT2D eigenvalue weighted by Crippen LogP contribution is -2.38. The van der Waals surface area contributed by atoms with E-state index in [-0.39, 0.29) is 11.9 Å². The van der Waals surface area contributed by atoms with Gasteiger partial charge in [0.15, 0.2) is 0 Å². The monoisotopic (exact) mass is 437 g/mol. The van der Waals surface area contributed by atoms with Gasteiger partial charge in [0.25, 0.3) is 0 Å². The van der Waals surface area contributed by atoms with Crippen LogP contribution in [0.15, 0.2) is 133 Å². The minimum absolute atomic E-state index is 0.0242. The average molecular weight is 438 g/mol. The molecule has 0 saturated heterocycles. The Morgan fingerprint density at radius 3 is 1.31 bits per heavy atom. The van der Waals surface area contributed by atoms with E-state index in [9.17, 15) is 5.11 Å². The third kappa shape index (κ3) is 4.33. The SMILES string of the molecule is CC(C)N(/C([O-])=C/[P+](c1ccccc1)(c1ccccc1)c1ccccc1)c1ccccc1. The molecule has 0 aliphatic rings. The molecule has 160 valence electrons. The third-order valence-electron chi connectivity index (χ3n) is 5.58. The quantitative estimate of drug-likeness (QED) is 0.299. The van der Waals surface area contributed by atoms with Crippen molar-refractivity contribution in [2.75, 3.05) is 4.90 Å². The summed E-state index contributed by atoms with van der Waals surface area (Å²) in [4.78, 5) is 1.89. The van der Waals surface area contributed by atoms with Gasteiger partial charge < -0.3 is 10.0 Å². The van der Waals surface area contributed by atoms with E-state index in [1.54, 1.807) is 0 Å². The largest absolute Gasteiger partial charge is 0.858 e. The first kappa shape index (κ1) is 21.9. The Kier molecular flexibility index (Phi) is 6.73. The molecule has 0 fully saturated rings. The smallest absolute Gasteiger partial charge is 0.137 e.